The molecule has 0 aliphatic heterocycles. The van der Waals surface area contributed by atoms with Crippen LogP contribution in [0.4, 0.5) is 0 Å². The van der Waals surface area contributed by atoms with Gasteiger partial charge in [0.2, 0.25) is 5.55 Å². The summed E-state index contributed by atoms with van der Waals surface area (Å²) in [5, 5.41) is 17.6. The normalized spacial score (nSPS) is 11.6. The maximum Gasteiger partial charge on any atom is 0.272 e. The molecule has 36 heavy (non-hydrogen) atoms. The van der Waals surface area contributed by atoms with Crippen LogP contribution in [0.15, 0.2) is 92.2 Å². The molecule has 0 saturated carbocycles. The number of fused-ring (bicyclic) bond motifs is 1. The molecule has 5 aromatic rings. The van der Waals surface area contributed by atoms with Gasteiger partial charge in [0.25, 0.3) is 5.91 Å². The lowest BCUT2D eigenvalue weighted by Gasteiger charge is -2.05. The molecule has 0 fully saturated rings. The summed E-state index contributed by atoms with van der Waals surface area (Å²) < 4.78 is 12.2. The molecule has 1 amide bonds. The zero-order valence-corrected chi connectivity index (χ0v) is 21.5. The Balaban J connectivity index is 1.55. The quantitative estimate of drug-likeness (QED) is 0.236. The standard InChI is InChI=1S/C27H20BrN3O4S/c1-2-34-19-11-8-16(9-12-19)23-15-36-27(29-23)21-13-17-7-10-18(32)14-24(17)35-26(21)31-30-25(33)20-5-3-4-6-22(20)28/h3-15,32H,2H2,1H3,(H,30,33)/b31-26-. The van der Waals surface area contributed by atoms with E-state index in [4.69, 9.17) is 14.1 Å². The van der Waals surface area contributed by atoms with Gasteiger partial charge in [0.1, 0.15) is 22.1 Å². The van der Waals surface area contributed by atoms with Gasteiger partial charge in [0.15, 0.2) is 0 Å². The van der Waals surface area contributed by atoms with Gasteiger partial charge in [-0.2, -0.15) is 0 Å². The van der Waals surface area contributed by atoms with Gasteiger partial charge in [0, 0.05) is 26.9 Å². The van der Waals surface area contributed by atoms with Gasteiger partial charge in [0.05, 0.1) is 23.4 Å². The molecule has 0 aliphatic carbocycles. The highest BCUT2D eigenvalue weighted by molar-refractivity contribution is 9.10. The summed E-state index contributed by atoms with van der Waals surface area (Å²) in [4.78, 5) is 17.5. The second kappa shape index (κ2) is 10.3. The van der Waals surface area contributed by atoms with Gasteiger partial charge in [-0.1, -0.05) is 12.1 Å². The minimum atomic E-state index is -0.395. The van der Waals surface area contributed by atoms with Crippen molar-refractivity contribution < 1.29 is 19.1 Å². The first-order valence-corrected chi connectivity index (χ1v) is 12.7. The predicted molar refractivity (Wildman–Crippen MR) is 143 cm³/mol. The van der Waals surface area contributed by atoms with Crippen LogP contribution in [0, 0.1) is 0 Å². The van der Waals surface area contributed by atoms with Crippen LogP contribution < -0.4 is 15.7 Å². The third kappa shape index (κ3) is 5.02. The van der Waals surface area contributed by atoms with E-state index in [0.717, 1.165) is 22.4 Å². The van der Waals surface area contributed by atoms with Crippen LogP contribution in [-0.4, -0.2) is 22.6 Å². The number of carbonyl (C=O) groups is 1. The summed E-state index contributed by atoms with van der Waals surface area (Å²) in [6.07, 6.45) is 0. The van der Waals surface area contributed by atoms with E-state index in [1.165, 1.54) is 17.4 Å². The van der Waals surface area contributed by atoms with Crippen molar-refractivity contribution in [3.8, 4) is 33.3 Å². The van der Waals surface area contributed by atoms with Crippen molar-refractivity contribution in [1.29, 1.82) is 0 Å². The number of hydrogen-bond acceptors (Lipinski definition) is 7. The molecule has 3 aromatic carbocycles. The lowest BCUT2D eigenvalue weighted by Crippen LogP contribution is -2.22. The van der Waals surface area contributed by atoms with Crippen molar-refractivity contribution in [1.82, 2.24) is 10.4 Å². The van der Waals surface area contributed by atoms with Crippen LogP contribution in [0.5, 0.6) is 11.5 Å². The number of benzene rings is 3. The van der Waals surface area contributed by atoms with Crippen molar-refractivity contribution in [3.63, 3.8) is 0 Å². The van der Waals surface area contributed by atoms with E-state index >= 15 is 0 Å². The van der Waals surface area contributed by atoms with Crippen molar-refractivity contribution in [2.75, 3.05) is 6.61 Å². The van der Waals surface area contributed by atoms with E-state index in [1.807, 2.05) is 48.7 Å². The minimum absolute atomic E-state index is 0.0641. The molecule has 0 bridgehead atoms. The Labute approximate surface area is 218 Å². The molecule has 0 atom stereocenters. The Morgan fingerprint density at radius 2 is 1.94 bits per heavy atom. The summed E-state index contributed by atoms with van der Waals surface area (Å²) in [7, 11) is 0. The van der Waals surface area contributed by atoms with Crippen molar-refractivity contribution in [2.45, 2.75) is 6.92 Å². The van der Waals surface area contributed by atoms with E-state index in [-0.39, 0.29) is 11.3 Å². The number of nitrogens with one attached hydrogen (secondary N) is 1. The van der Waals surface area contributed by atoms with Crippen LogP contribution in [-0.2, 0) is 0 Å². The van der Waals surface area contributed by atoms with Gasteiger partial charge in [-0.15, -0.1) is 16.4 Å². The highest BCUT2D eigenvalue weighted by Crippen LogP contribution is 2.30. The number of carbonyl (C=O) groups excluding carboxylic acids is 1. The lowest BCUT2D eigenvalue weighted by molar-refractivity contribution is 0.0950. The molecular formula is C27H20BrN3O4S. The van der Waals surface area contributed by atoms with Crippen LogP contribution >= 0.6 is 27.3 Å². The van der Waals surface area contributed by atoms with Crippen molar-refractivity contribution >= 4 is 44.1 Å². The summed E-state index contributed by atoms with van der Waals surface area (Å²) in [5.74, 6) is 0.471. The highest BCUT2D eigenvalue weighted by atomic mass is 79.9. The summed E-state index contributed by atoms with van der Waals surface area (Å²) in [6.45, 7) is 2.55. The van der Waals surface area contributed by atoms with Crippen LogP contribution in [0.25, 0.3) is 32.8 Å². The Morgan fingerprint density at radius 3 is 2.72 bits per heavy atom. The molecule has 2 N–H and O–H groups in total. The largest absolute Gasteiger partial charge is 0.508 e. The molecule has 0 radical (unpaired) electrons. The van der Waals surface area contributed by atoms with Gasteiger partial charge in [-0.3, -0.25) is 4.79 Å². The molecule has 0 aliphatic rings. The van der Waals surface area contributed by atoms with E-state index in [9.17, 15) is 9.90 Å². The second-order valence-electron chi connectivity index (χ2n) is 7.72. The number of aromatic nitrogens is 1. The summed E-state index contributed by atoms with van der Waals surface area (Å²) in [6, 6.07) is 21.5. The third-order valence-corrected chi connectivity index (χ3v) is 6.87. The molecule has 0 spiro atoms. The Morgan fingerprint density at radius 1 is 1.14 bits per heavy atom. The number of phenolic OH excluding ortho intramolecular Hbond substituents is 1. The average Bonchev–Trinajstić information content (AvgIpc) is 3.38. The van der Waals surface area contributed by atoms with Crippen LogP contribution in [0.3, 0.4) is 0 Å². The van der Waals surface area contributed by atoms with Crippen LogP contribution in [0.2, 0.25) is 0 Å². The SMILES string of the molecule is CCOc1ccc(-c2csc(-c3cc4ccc(O)cc4o/c3=N\NC(=O)c3ccccc3Br)n2)cc1. The first-order valence-electron chi connectivity index (χ1n) is 11.1. The van der Waals surface area contributed by atoms with Gasteiger partial charge >= 0.3 is 0 Å². The number of amides is 1. The fraction of sp³-hybridized carbons (Fsp3) is 0.0741. The van der Waals surface area contributed by atoms with E-state index < -0.39 is 5.91 Å². The fourth-order valence-electron chi connectivity index (χ4n) is 3.57. The van der Waals surface area contributed by atoms with E-state index in [2.05, 4.69) is 26.5 Å². The topological polar surface area (TPSA) is 97.0 Å². The first kappa shape index (κ1) is 23.8. The fourth-order valence-corrected chi connectivity index (χ4v) is 4.87. The number of hydrogen-bond donors (Lipinski definition) is 2. The van der Waals surface area contributed by atoms with Gasteiger partial charge < -0.3 is 14.3 Å². The monoisotopic (exact) mass is 561 g/mol. The Hall–Kier alpha value is -3.95. The van der Waals surface area contributed by atoms with Gasteiger partial charge in [-0.25, -0.2) is 10.4 Å². The number of nitrogens with zero attached hydrogens (tertiary/aromatic N) is 2. The Bertz CT molecular complexity index is 1630. The molecule has 9 heteroatoms. The number of thiazole rings is 1. The van der Waals surface area contributed by atoms with Gasteiger partial charge in [-0.05, 0) is 77.5 Å². The van der Waals surface area contributed by atoms with E-state index in [0.29, 0.717) is 32.8 Å². The summed E-state index contributed by atoms with van der Waals surface area (Å²) in [5.41, 5.74) is 5.96. The zero-order valence-electron chi connectivity index (χ0n) is 19.1. The smallest absolute Gasteiger partial charge is 0.272 e. The molecule has 2 aromatic heterocycles. The number of rotatable bonds is 6. The average molecular weight is 562 g/mol. The number of aromatic hydroxyl groups is 1. The van der Waals surface area contributed by atoms with Crippen molar-refractivity contribution in [3.05, 3.63) is 93.8 Å². The molecule has 7 nitrogen and oxygen atoms in total. The maximum absolute atomic E-state index is 12.7. The molecule has 0 unspecified atom stereocenters. The summed E-state index contributed by atoms with van der Waals surface area (Å²) >= 11 is 4.82. The minimum Gasteiger partial charge on any atom is -0.508 e. The maximum atomic E-state index is 12.7. The zero-order chi connectivity index (χ0) is 25.1. The van der Waals surface area contributed by atoms with E-state index in [1.54, 1.807) is 30.3 Å². The first-order chi connectivity index (χ1) is 17.5. The predicted octanol–water partition coefficient (Wildman–Crippen LogP) is 6.34. The molecular weight excluding hydrogens is 542 g/mol. The van der Waals surface area contributed by atoms with Crippen molar-refractivity contribution in [2.24, 2.45) is 5.10 Å². The molecule has 0 saturated heterocycles. The van der Waals surface area contributed by atoms with Crippen LogP contribution in [0.1, 0.15) is 17.3 Å². The molecule has 180 valence electrons. The Kier molecular flexibility index (Phi) is 6.84. The highest BCUT2D eigenvalue weighted by Gasteiger charge is 2.14. The number of halogens is 1. The molecule has 5 rings (SSSR count). The lowest BCUT2D eigenvalue weighted by atomic mass is 10.1. The number of phenols is 1. The second-order valence-corrected chi connectivity index (χ2v) is 9.43. The number of ether oxygens (including phenoxy) is 1. The third-order valence-electron chi connectivity index (χ3n) is 5.31. The molecule has 2 heterocycles.